The third kappa shape index (κ3) is 2.67. The van der Waals surface area contributed by atoms with E-state index in [0.717, 1.165) is 11.1 Å². The number of hydrogen-bond acceptors (Lipinski definition) is 3. The van der Waals surface area contributed by atoms with Crippen molar-refractivity contribution in [2.75, 3.05) is 10.8 Å². The van der Waals surface area contributed by atoms with E-state index in [-0.39, 0.29) is 10.5 Å². The van der Waals surface area contributed by atoms with Crippen molar-refractivity contribution in [3.63, 3.8) is 0 Å². The number of hydrogen-bond donors (Lipinski definition) is 1. The van der Waals surface area contributed by atoms with E-state index in [9.17, 15) is 18.3 Å². The molecule has 0 atom stereocenters. The molecule has 1 aliphatic heterocycles. The van der Waals surface area contributed by atoms with Gasteiger partial charge in [0.1, 0.15) is 0 Å². The number of carboxylic acid groups (broad SMARTS) is 1. The van der Waals surface area contributed by atoms with Crippen LogP contribution in [-0.4, -0.2) is 26.0 Å². The summed E-state index contributed by atoms with van der Waals surface area (Å²) in [5.74, 6) is -1.11. The first-order valence-electron chi connectivity index (χ1n) is 7.83. The maximum atomic E-state index is 13.0. The molecule has 126 valence electrons. The smallest absolute Gasteiger partial charge is 0.336 e. The summed E-state index contributed by atoms with van der Waals surface area (Å²) in [6.07, 6.45) is 1.20. The van der Waals surface area contributed by atoms with Gasteiger partial charge in [-0.05, 0) is 49.1 Å². The summed E-state index contributed by atoms with van der Waals surface area (Å²) >= 11 is 0. The molecule has 24 heavy (non-hydrogen) atoms. The average molecular weight is 345 g/mol. The van der Waals surface area contributed by atoms with Gasteiger partial charge in [-0.25, -0.2) is 13.2 Å². The number of anilines is 1. The van der Waals surface area contributed by atoms with E-state index in [2.05, 4.69) is 0 Å². The normalized spacial score (nSPS) is 13.8. The fourth-order valence-electron chi connectivity index (χ4n) is 3.10. The Kier molecular flexibility index (Phi) is 4.09. The van der Waals surface area contributed by atoms with Crippen LogP contribution in [-0.2, 0) is 22.9 Å². The average Bonchev–Trinajstić information content (AvgIpc) is 2.97. The molecule has 0 fully saturated rings. The van der Waals surface area contributed by atoms with Gasteiger partial charge in [-0.1, -0.05) is 30.7 Å². The maximum absolute atomic E-state index is 13.0. The van der Waals surface area contributed by atoms with Crippen molar-refractivity contribution in [3.8, 4) is 0 Å². The SMILES string of the molecule is CCc1ccc(S(=O)(=O)N2CCc3cc(C)ccc32)cc1C(=O)O. The number of benzene rings is 2. The molecule has 0 radical (unpaired) electrons. The summed E-state index contributed by atoms with van der Waals surface area (Å²) in [4.78, 5) is 11.4. The van der Waals surface area contributed by atoms with Gasteiger partial charge >= 0.3 is 5.97 Å². The quantitative estimate of drug-likeness (QED) is 0.924. The molecule has 1 N–H and O–H groups in total. The predicted molar refractivity (Wildman–Crippen MR) is 92.2 cm³/mol. The zero-order valence-electron chi connectivity index (χ0n) is 13.6. The molecular weight excluding hydrogens is 326 g/mol. The Morgan fingerprint density at radius 2 is 1.96 bits per heavy atom. The lowest BCUT2D eigenvalue weighted by Crippen LogP contribution is -2.29. The largest absolute Gasteiger partial charge is 0.478 e. The van der Waals surface area contributed by atoms with Crippen molar-refractivity contribution in [1.82, 2.24) is 0 Å². The molecule has 0 aromatic heterocycles. The molecule has 0 spiro atoms. The van der Waals surface area contributed by atoms with Gasteiger partial charge in [-0.3, -0.25) is 4.31 Å². The summed E-state index contributed by atoms with van der Waals surface area (Å²) in [7, 11) is -3.78. The fourth-order valence-corrected chi connectivity index (χ4v) is 4.63. The van der Waals surface area contributed by atoms with E-state index in [1.807, 2.05) is 32.0 Å². The highest BCUT2D eigenvalue weighted by Crippen LogP contribution is 2.34. The van der Waals surface area contributed by atoms with Crippen LogP contribution in [0, 0.1) is 6.92 Å². The molecule has 6 heteroatoms. The third-order valence-corrected chi connectivity index (χ3v) is 6.18. The van der Waals surface area contributed by atoms with Crippen LogP contribution in [0.2, 0.25) is 0 Å². The lowest BCUT2D eigenvalue weighted by molar-refractivity contribution is 0.0695. The van der Waals surface area contributed by atoms with E-state index in [0.29, 0.717) is 30.6 Å². The Bertz CT molecular complexity index is 919. The van der Waals surface area contributed by atoms with Crippen LogP contribution in [0.3, 0.4) is 0 Å². The van der Waals surface area contributed by atoms with Crippen molar-refractivity contribution in [2.45, 2.75) is 31.6 Å². The Morgan fingerprint density at radius 1 is 1.21 bits per heavy atom. The monoisotopic (exact) mass is 345 g/mol. The summed E-state index contributed by atoms with van der Waals surface area (Å²) in [5.41, 5.74) is 3.44. The number of carboxylic acids is 1. The Labute approximate surface area is 141 Å². The molecular formula is C18H19NO4S. The van der Waals surface area contributed by atoms with E-state index in [1.54, 1.807) is 6.07 Å². The van der Waals surface area contributed by atoms with Crippen LogP contribution < -0.4 is 4.31 Å². The Balaban J connectivity index is 2.07. The molecule has 0 amide bonds. The Hall–Kier alpha value is -2.34. The van der Waals surface area contributed by atoms with Crippen molar-refractivity contribution < 1.29 is 18.3 Å². The lowest BCUT2D eigenvalue weighted by atomic mass is 10.1. The highest BCUT2D eigenvalue weighted by atomic mass is 32.2. The molecule has 0 aliphatic carbocycles. The molecule has 0 bridgehead atoms. The van der Waals surface area contributed by atoms with Crippen LogP contribution in [0.5, 0.6) is 0 Å². The van der Waals surface area contributed by atoms with Gasteiger partial charge in [0.2, 0.25) is 0 Å². The molecule has 2 aromatic rings. The van der Waals surface area contributed by atoms with Gasteiger partial charge < -0.3 is 5.11 Å². The molecule has 1 heterocycles. The zero-order chi connectivity index (χ0) is 17.5. The fraction of sp³-hybridized carbons (Fsp3) is 0.278. The van der Waals surface area contributed by atoms with Gasteiger partial charge in [0.25, 0.3) is 10.0 Å². The van der Waals surface area contributed by atoms with E-state index >= 15 is 0 Å². The number of nitrogens with zero attached hydrogens (tertiary/aromatic N) is 1. The number of aryl methyl sites for hydroxylation is 2. The number of fused-ring (bicyclic) bond motifs is 1. The van der Waals surface area contributed by atoms with Crippen LogP contribution in [0.15, 0.2) is 41.3 Å². The van der Waals surface area contributed by atoms with Crippen LogP contribution >= 0.6 is 0 Å². The minimum Gasteiger partial charge on any atom is -0.478 e. The second-order valence-electron chi connectivity index (χ2n) is 5.94. The molecule has 1 aliphatic rings. The molecule has 0 saturated carbocycles. The minimum absolute atomic E-state index is 0.0190. The molecule has 0 unspecified atom stereocenters. The molecule has 3 rings (SSSR count). The maximum Gasteiger partial charge on any atom is 0.336 e. The second kappa shape index (κ2) is 5.94. The van der Waals surface area contributed by atoms with Gasteiger partial charge in [0.05, 0.1) is 16.1 Å². The van der Waals surface area contributed by atoms with Crippen molar-refractivity contribution in [3.05, 3.63) is 58.7 Å². The zero-order valence-corrected chi connectivity index (χ0v) is 14.4. The number of rotatable bonds is 4. The predicted octanol–water partition coefficient (Wildman–Crippen LogP) is 3.01. The van der Waals surface area contributed by atoms with Gasteiger partial charge in [0, 0.05) is 6.54 Å². The highest BCUT2D eigenvalue weighted by Gasteiger charge is 2.31. The van der Waals surface area contributed by atoms with E-state index in [4.69, 9.17) is 0 Å². The van der Waals surface area contributed by atoms with Crippen LogP contribution in [0.4, 0.5) is 5.69 Å². The Morgan fingerprint density at radius 3 is 2.62 bits per heavy atom. The lowest BCUT2D eigenvalue weighted by Gasteiger charge is -2.20. The van der Waals surface area contributed by atoms with Crippen molar-refractivity contribution in [1.29, 1.82) is 0 Å². The van der Waals surface area contributed by atoms with Crippen molar-refractivity contribution in [2.24, 2.45) is 0 Å². The molecule has 5 nitrogen and oxygen atoms in total. The topological polar surface area (TPSA) is 74.7 Å². The standard InChI is InChI=1S/C18H19NO4S/c1-3-13-5-6-15(11-16(13)18(20)21)24(22,23)19-9-8-14-10-12(2)4-7-17(14)19/h4-7,10-11H,3,8-9H2,1-2H3,(H,20,21). The summed E-state index contributed by atoms with van der Waals surface area (Å²) in [6.45, 7) is 4.19. The number of sulfonamides is 1. The number of aromatic carboxylic acids is 1. The summed E-state index contributed by atoms with van der Waals surface area (Å²) < 4.78 is 27.3. The third-order valence-electron chi connectivity index (χ3n) is 4.37. The highest BCUT2D eigenvalue weighted by molar-refractivity contribution is 7.92. The van der Waals surface area contributed by atoms with Gasteiger partial charge in [0.15, 0.2) is 0 Å². The minimum atomic E-state index is -3.78. The first-order valence-corrected chi connectivity index (χ1v) is 9.27. The molecule has 0 saturated heterocycles. The second-order valence-corrected chi connectivity index (χ2v) is 7.80. The van der Waals surface area contributed by atoms with Gasteiger partial charge in [-0.2, -0.15) is 0 Å². The van der Waals surface area contributed by atoms with Crippen LogP contribution in [0.25, 0.3) is 0 Å². The van der Waals surface area contributed by atoms with Crippen molar-refractivity contribution >= 4 is 21.7 Å². The number of carbonyl (C=O) groups is 1. The first kappa shape index (κ1) is 16.5. The summed E-state index contributed by atoms with van der Waals surface area (Å²) in [5, 5.41) is 9.33. The van der Waals surface area contributed by atoms with E-state index in [1.165, 1.54) is 16.4 Å². The van der Waals surface area contributed by atoms with Crippen LogP contribution in [0.1, 0.15) is 34.0 Å². The first-order chi connectivity index (χ1) is 11.3. The molecule has 2 aromatic carbocycles. The summed E-state index contributed by atoms with van der Waals surface area (Å²) in [6, 6.07) is 10.0. The van der Waals surface area contributed by atoms with E-state index < -0.39 is 16.0 Å². The van der Waals surface area contributed by atoms with Gasteiger partial charge in [-0.15, -0.1) is 0 Å².